The second-order valence-electron chi connectivity index (χ2n) is 2.95. The third kappa shape index (κ3) is 1.66. The Labute approximate surface area is 74.3 Å². The zero-order valence-corrected chi connectivity index (χ0v) is 6.80. The van der Waals surface area contributed by atoms with Crippen molar-refractivity contribution >= 4 is 6.21 Å². The molecule has 0 spiro atoms. The third-order valence-electron chi connectivity index (χ3n) is 1.97. The SMILES string of the molecule is Fc1cc(F)cc(C2C=NNC2)c1. The molecular weight excluding hydrogens is 174 g/mol. The Kier molecular flexibility index (Phi) is 1.96. The Bertz CT molecular complexity index is 329. The molecule has 1 N–H and O–H groups in total. The van der Waals surface area contributed by atoms with E-state index >= 15 is 0 Å². The van der Waals surface area contributed by atoms with Crippen LogP contribution >= 0.6 is 0 Å². The summed E-state index contributed by atoms with van der Waals surface area (Å²) in [5, 5.41) is 3.78. The van der Waals surface area contributed by atoms with Gasteiger partial charge in [0, 0.05) is 24.7 Å². The lowest BCUT2D eigenvalue weighted by Gasteiger charge is -2.05. The van der Waals surface area contributed by atoms with Crippen LogP contribution in [0, 0.1) is 11.6 Å². The topological polar surface area (TPSA) is 24.4 Å². The molecule has 68 valence electrons. The smallest absolute Gasteiger partial charge is 0.126 e. The monoisotopic (exact) mass is 182 g/mol. The van der Waals surface area contributed by atoms with Gasteiger partial charge in [-0.3, -0.25) is 0 Å². The van der Waals surface area contributed by atoms with E-state index in [-0.39, 0.29) is 5.92 Å². The van der Waals surface area contributed by atoms with E-state index in [1.54, 1.807) is 6.21 Å². The van der Waals surface area contributed by atoms with Gasteiger partial charge in [-0.2, -0.15) is 5.10 Å². The predicted octanol–water partition coefficient (Wildman–Crippen LogP) is 1.64. The minimum Gasteiger partial charge on any atom is -0.309 e. The molecule has 0 saturated heterocycles. The van der Waals surface area contributed by atoms with Crippen LogP contribution in [0.2, 0.25) is 0 Å². The lowest BCUT2D eigenvalue weighted by atomic mass is 10.0. The lowest BCUT2D eigenvalue weighted by Crippen LogP contribution is -2.08. The standard InChI is InChI=1S/C9H8F2N2/c10-8-1-6(2-9(11)3-8)7-4-12-13-5-7/h1-4,7,13H,5H2. The van der Waals surface area contributed by atoms with Crippen molar-refractivity contribution in [2.75, 3.05) is 6.54 Å². The summed E-state index contributed by atoms with van der Waals surface area (Å²) in [5.74, 6) is -1.12. The Balaban J connectivity index is 2.34. The summed E-state index contributed by atoms with van der Waals surface area (Å²) in [5.41, 5.74) is 3.35. The van der Waals surface area contributed by atoms with E-state index in [2.05, 4.69) is 10.5 Å². The van der Waals surface area contributed by atoms with Gasteiger partial charge in [-0.25, -0.2) is 8.78 Å². The molecule has 1 heterocycles. The zero-order chi connectivity index (χ0) is 9.26. The first-order valence-corrected chi connectivity index (χ1v) is 3.98. The number of nitrogens with zero attached hydrogens (tertiary/aromatic N) is 1. The molecule has 0 amide bonds. The fourth-order valence-corrected chi connectivity index (χ4v) is 1.34. The van der Waals surface area contributed by atoms with Crippen LogP contribution < -0.4 is 5.43 Å². The Morgan fingerprint density at radius 2 is 1.92 bits per heavy atom. The van der Waals surface area contributed by atoms with Crippen molar-refractivity contribution in [1.82, 2.24) is 5.43 Å². The van der Waals surface area contributed by atoms with Gasteiger partial charge in [-0.15, -0.1) is 0 Å². The second kappa shape index (κ2) is 3.12. The molecule has 1 aromatic rings. The van der Waals surface area contributed by atoms with Gasteiger partial charge >= 0.3 is 0 Å². The van der Waals surface area contributed by atoms with E-state index in [0.717, 1.165) is 6.07 Å². The average Bonchev–Trinajstić information content (AvgIpc) is 2.53. The first-order chi connectivity index (χ1) is 6.25. The summed E-state index contributed by atoms with van der Waals surface area (Å²) >= 11 is 0. The molecule has 4 heteroatoms. The number of hydrazone groups is 1. The largest absolute Gasteiger partial charge is 0.309 e. The summed E-state index contributed by atoms with van der Waals surface area (Å²) in [4.78, 5) is 0. The van der Waals surface area contributed by atoms with Crippen LogP contribution in [-0.4, -0.2) is 12.8 Å². The summed E-state index contributed by atoms with van der Waals surface area (Å²) in [6.45, 7) is 0.600. The number of benzene rings is 1. The van der Waals surface area contributed by atoms with Gasteiger partial charge in [0.15, 0.2) is 0 Å². The maximum atomic E-state index is 12.8. The van der Waals surface area contributed by atoms with E-state index in [0.29, 0.717) is 12.1 Å². The van der Waals surface area contributed by atoms with Crippen LogP contribution in [0.4, 0.5) is 8.78 Å². The van der Waals surface area contributed by atoms with Crippen molar-refractivity contribution in [2.45, 2.75) is 5.92 Å². The molecule has 2 nitrogen and oxygen atoms in total. The van der Waals surface area contributed by atoms with Crippen molar-refractivity contribution < 1.29 is 8.78 Å². The normalized spacial score (nSPS) is 20.3. The zero-order valence-electron chi connectivity index (χ0n) is 6.80. The number of hydrogen-bond donors (Lipinski definition) is 1. The number of nitrogens with one attached hydrogen (secondary N) is 1. The average molecular weight is 182 g/mol. The molecule has 0 saturated carbocycles. The van der Waals surface area contributed by atoms with Gasteiger partial charge < -0.3 is 5.43 Å². The predicted molar refractivity (Wildman–Crippen MR) is 45.6 cm³/mol. The third-order valence-corrected chi connectivity index (χ3v) is 1.97. The van der Waals surface area contributed by atoms with Crippen LogP contribution in [-0.2, 0) is 0 Å². The fourth-order valence-electron chi connectivity index (χ4n) is 1.34. The maximum absolute atomic E-state index is 12.8. The first kappa shape index (κ1) is 8.16. The highest BCUT2D eigenvalue weighted by atomic mass is 19.1. The highest BCUT2D eigenvalue weighted by molar-refractivity contribution is 5.69. The fraction of sp³-hybridized carbons (Fsp3) is 0.222. The van der Waals surface area contributed by atoms with Crippen molar-refractivity contribution in [1.29, 1.82) is 0 Å². The number of halogens is 2. The molecular formula is C9H8F2N2. The molecule has 0 fully saturated rings. The van der Waals surface area contributed by atoms with E-state index < -0.39 is 11.6 Å². The highest BCUT2D eigenvalue weighted by Gasteiger charge is 2.14. The van der Waals surface area contributed by atoms with Crippen LogP contribution in [0.25, 0.3) is 0 Å². The van der Waals surface area contributed by atoms with Crippen LogP contribution in [0.3, 0.4) is 0 Å². The number of rotatable bonds is 1. The molecule has 0 radical (unpaired) electrons. The van der Waals surface area contributed by atoms with Crippen LogP contribution in [0.15, 0.2) is 23.3 Å². The molecule has 1 aromatic carbocycles. The van der Waals surface area contributed by atoms with E-state index in [4.69, 9.17) is 0 Å². The van der Waals surface area contributed by atoms with E-state index in [9.17, 15) is 8.78 Å². The minimum absolute atomic E-state index is 0.0230. The van der Waals surface area contributed by atoms with Crippen molar-refractivity contribution in [3.63, 3.8) is 0 Å². The highest BCUT2D eigenvalue weighted by Crippen LogP contribution is 2.18. The summed E-state index contributed by atoms with van der Waals surface area (Å²) in [7, 11) is 0. The molecule has 1 aliphatic heterocycles. The van der Waals surface area contributed by atoms with Gasteiger partial charge in [0.25, 0.3) is 0 Å². The number of hydrogen-bond acceptors (Lipinski definition) is 2. The van der Waals surface area contributed by atoms with Crippen molar-refractivity contribution in [3.8, 4) is 0 Å². The molecule has 0 aliphatic carbocycles. The van der Waals surface area contributed by atoms with Gasteiger partial charge in [-0.1, -0.05) is 0 Å². The summed E-state index contributed by atoms with van der Waals surface area (Å²) in [6, 6.07) is 3.52. The Morgan fingerprint density at radius 1 is 1.23 bits per heavy atom. The lowest BCUT2D eigenvalue weighted by molar-refractivity contribution is 0.578. The summed E-state index contributed by atoms with van der Waals surface area (Å²) in [6.07, 6.45) is 1.65. The minimum atomic E-state index is -0.546. The van der Waals surface area contributed by atoms with E-state index in [1.807, 2.05) is 0 Å². The van der Waals surface area contributed by atoms with Crippen molar-refractivity contribution in [2.24, 2.45) is 5.10 Å². The van der Waals surface area contributed by atoms with Crippen LogP contribution in [0.5, 0.6) is 0 Å². The quantitative estimate of drug-likeness (QED) is 0.701. The molecule has 0 aromatic heterocycles. The van der Waals surface area contributed by atoms with E-state index in [1.165, 1.54) is 12.1 Å². The molecule has 13 heavy (non-hydrogen) atoms. The van der Waals surface area contributed by atoms with Gasteiger partial charge in [-0.05, 0) is 17.7 Å². The van der Waals surface area contributed by atoms with Crippen LogP contribution in [0.1, 0.15) is 11.5 Å². The van der Waals surface area contributed by atoms with Gasteiger partial charge in [0.2, 0.25) is 0 Å². The second-order valence-corrected chi connectivity index (χ2v) is 2.95. The first-order valence-electron chi connectivity index (χ1n) is 3.98. The van der Waals surface area contributed by atoms with Gasteiger partial charge in [0.05, 0.1) is 0 Å². The Morgan fingerprint density at radius 3 is 2.46 bits per heavy atom. The molecule has 1 atom stereocenters. The Hall–Kier alpha value is -1.45. The molecule has 0 bridgehead atoms. The molecule has 2 rings (SSSR count). The molecule has 1 unspecified atom stereocenters. The van der Waals surface area contributed by atoms with Crippen molar-refractivity contribution in [3.05, 3.63) is 35.4 Å². The van der Waals surface area contributed by atoms with Gasteiger partial charge in [0.1, 0.15) is 11.6 Å². The molecule has 1 aliphatic rings. The summed E-state index contributed by atoms with van der Waals surface area (Å²) < 4.78 is 25.6. The maximum Gasteiger partial charge on any atom is 0.126 e.